The molecule has 1 aliphatic heterocycles. The summed E-state index contributed by atoms with van der Waals surface area (Å²) < 4.78 is 0. The zero-order chi connectivity index (χ0) is 14.4. The highest BCUT2D eigenvalue weighted by Crippen LogP contribution is 2.44. The van der Waals surface area contributed by atoms with E-state index in [0.29, 0.717) is 10.0 Å². The molecule has 1 aromatic carbocycles. The van der Waals surface area contributed by atoms with Gasteiger partial charge in [0.1, 0.15) is 5.82 Å². The van der Waals surface area contributed by atoms with E-state index in [-0.39, 0.29) is 0 Å². The molecule has 2 heterocycles. The van der Waals surface area contributed by atoms with Crippen LogP contribution in [0.2, 0.25) is 10.0 Å². The fourth-order valence-electron chi connectivity index (χ4n) is 3.28. The van der Waals surface area contributed by atoms with Crippen LogP contribution in [-0.4, -0.2) is 4.98 Å². The molecule has 21 heavy (non-hydrogen) atoms. The molecule has 0 atom stereocenters. The van der Waals surface area contributed by atoms with Crippen molar-refractivity contribution in [3.63, 3.8) is 0 Å². The van der Waals surface area contributed by atoms with Crippen molar-refractivity contribution in [1.29, 1.82) is 0 Å². The van der Waals surface area contributed by atoms with Crippen LogP contribution in [0.5, 0.6) is 0 Å². The van der Waals surface area contributed by atoms with Crippen molar-refractivity contribution in [1.82, 2.24) is 4.98 Å². The van der Waals surface area contributed by atoms with E-state index in [1.165, 1.54) is 29.7 Å². The van der Waals surface area contributed by atoms with Crippen LogP contribution in [0.3, 0.4) is 0 Å². The Labute approximate surface area is 134 Å². The summed E-state index contributed by atoms with van der Waals surface area (Å²) in [7, 11) is 0. The molecule has 1 aromatic heterocycles. The second-order valence-corrected chi connectivity index (χ2v) is 6.31. The molecule has 0 saturated carbocycles. The minimum atomic E-state index is 0.581. The van der Waals surface area contributed by atoms with Gasteiger partial charge in [0.2, 0.25) is 0 Å². The molecule has 0 N–H and O–H groups in total. The van der Waals surface area contributed by atoms with E-state index >= 15 is 0 Å². The lowest BCUT2D eigenvalue weighted by molar-refractivity contribution is 0.880. The van der Waals surface area contributed by atoms with Crippen LogP contribution in [0.4, 0.5) is 11.5 Å². The van der Waals surface area contributed by atoms with Gasteiger partial charge in [0.15, 0.2) is 0 Å². The molecule has 0 fully saturated rings. The van der Waals surface area contributed by atoms with E-state index in [1.54, 1.807) is 0 Å². The third kappa shape index (κ3) is 2.14. The number of aromatic nitrogens is 1. The number of anilines is 2. The quantitative estimate of drug-likeness (QED) is 0.688. The van der Waals surface area contributed by atoms with Crippen molar-refractivity contribution in [2.45, 2.75) is 25.7 Å². The molecular formula is C17H14Cl2N2. The maximum atomic E-state index is 6.21. The Bertz CT molecular complexity index is 752. The fraction of sp³-hybridized carbons (Fsp3) is 0.235. The lowest BCUT2D eigenvalue weighted by atomic mass is 9.99. The largest absolute Gasteiger partial charge is 0.299 e. The van der Waals surface area contributed by atoms with Gasteiger partial charge in [0.25, 0.3) is 0 Å². The maximum Gasteiger partial charge on any atom is 0.140 e. The normalized spacial score (nSPS) is 17.0. The van der Waals surface area contributed by atoms with Gasteiger partial charge in [-0.05, 0) is 61.1 Å². The van der Waals surface area contributed by atoms with E-state index < -0.39 is 0 Å². The Kier molecular flexibility index (Phi) is 3.16. The first-order valence-electron chi connectivity index (χ1n) is 7.14. The van der Waals surface area contributed by atoms with E-state index in [1.807, 2.05) is 30.5 Å². The Hall–Kier alpha value is -1.51. The molecule has 0 spiro atoms. The van der Waals surface area contributed by atoms with Crippen LogP contribution in [-0.2, 0) is 6.42 Å². The highest BCUT2D eigenvalue weighted by Gasteiger charge is 2.30. The molecule has 0 amide bonds. The van der Waals surface area contributed by atoms with Crippen molar-refractivity contribution in [3.8, 4) is 0 Å². The highest BCUT2D eigenvalue weighted by atomic mass is 35.5. The van der Waals surface area contributed by atoms with Crippen molar-refractivity contribution in [3.05, 3.63) is 63.4 Å². The summed E-state index contributed by atoms with van der Waals surface area (Å²) in [6.45, 7) is 0. The van der Waals surface area contributed by atoms with Crippen molar-refractivity contribution < 1.29 is 0 Å². The van der Waals surface area contributed by atoms with Gasteiger partial charge >= 0.3 is 0 Å². The molecule has 2 aliphatic rings. The van der Waals surface area contributed by atoms with Crippen LogP contribution < -0.4 is 4.90 Å². The third-order valence-corrected chi connectivity index (χ3v) is 4.95. The Morgan fingerprint density at radius 2 is 1.95 bits per heavy atom. The van der Waals surface area contributed by atoms with Crippen molar-refractivity contribution in [2.75, 3.05) is 4.90 Å². The zero-order valence-corrected chi connectivity index (χ0v) is 13.0. The minimum Gasteiger partial charge on any atom is -0.299 e. The summed E-state index contributed by atoms with van der Waals surface area (Å²) in [4.78, 5) is 6.86. The molecular weight excluding hydrogens is 303 g/mol. The van der Waals surface area contributed by atoms with Gasteiger partial charge in [-0.3, -0.25) is 4.90 Å². The molecule has 2 nitrogen and oxygen atoms in total. The van der Waals surface area contributed by atoms with Gasteiger partial charge in [0.05, 0.1) is 10.0 Å². The molecule has 4 heteroatoms. The van der Waals surface area contributed by atoms with Crippen molar-refractivity contribution >= 4 is 34.7 Å². The van der Waals surface area contributed by atoms with Gasteiger partial charge in [-0.1, -0.05) is 29.3 Å². The van der Waals surface area contributed by atoms with E-state index in [9.17, 15) is 0 Å². The summed E-state index contributed by atoms with van der Waals surface area (Å²) in [5.41, 5.74) is 5.24. The first-order valence-corrected chi connectivity index (χ1v) is 7.89. The van der Waals surface area contributed by atoms with Crippen LogP contribution in [0.15, 0.2) is 47.8 Å². The van der Waals surface area contributed by atoms with E-state index in [0.717, 1.165) is 24.3 Å². The smallest absolute Gasteiger partial charge is 0.140 e. The summed E-state index contributed by atoms with van der Waals surface area (Å²) in [5.74, 6) is 1.02. The van der Waals surface area contributed by atoms with E-state index in [4.69, 9.17) is 23.2 Å². The van der Waals surface area contributed by atoms with Crippen molar-refractivity contribution in [2.24, 2.45) is 0 Å². The topological polar surface area (TPSA) is 16.1 Å². The summed E-state index contributed by atoms with van der Waals surface area (Å²) in [6.07, 6.45) is 6.38. The molecule has 106 valence electrons. The second kappa shape index (κ2) is 5.04. The van der Waals surface area contributed by atoms with Crippen LogP contribution in [0.1, 0.15) is 24.8 Å². The number of hydrogen-bond acceptors (Lipinski definition) is 2. The van der Waals surface area contributed by atoms with E-state index in [2.05, 4.69) is 16.0 Å². The Morgan fingerprint density at radius 3 is 2.81 bits per heavy atom. The molecule has 0 saturated heterocycles. The molecule has 0 radical (unpaired) electrons. The average molecular weight is 317 g/mol. The number of allylic oxidation sites excluding steroid dienone is 2. The van der Waals surface area contributed by atoms with Gasteiger partial charge in [-0.25, -0.2) is 4.98 Å². The van der Waals surface area contributed by atoms with Crippen LogP contribution in [0.25, 0.3) is 0 Å². The first kappa shape index (κ1) is 13.2. The lowest BCUT2D eigenvalue weighted by Gasteiger charge is -2.32. The lowest BCUT2D eigenvalue weighted by Crippen LogP contribution is -2.23. The average Bonchev–Trinajstić information content (AvgIpc) is 2.95. The minimum absolute atomic E-state index is 0.581. The van der Waals surface area contributed by atoms with Crippen LogP contribution in [0, 0.1) is 0 Å². The van der Waals surface area contributed by atoms with Gasteiger partial charge in [-0.15, -0.1) is 0 Å². The highest BCUT2D eigenvalue weighted by molar-refractivity contribution is 6.42. The Morgan fingerprint density at radius 1 is 1.05 bits per heavy atom. The number of rotatable bonds is 1. The number of pyridine rings is 1. The molecule has 2 aromatic rings. The summed E-state index contributed by atoms with van der Waals surface area (Å²) in [6, 6.07) is 9.96. The number of halogens is 2. The third-order valence-electron chi connectivity index (χ3n) is 4.21. The SMILES string of the molecule is Clc1ccc(N2C3=C(CCC3)Cc3cccnc32)cc1Cl. The zero-order valence-electron chi connectivity index (χ0n) is 11.4. The van der Waals surface area contributed by atoms with Gasteiger partial charge in [0, 0.05) is 17.6 Å². The number of nitrogens with zero attached hydrogens (tertiary/aromatic N) is 2. The second-order valence-electron chi connectivity index (χ2n) is 5.50. The number of hydrogen-bond donors (Lipinski definition) is 0. The molecule has 0 unspecified atom stereocenters. The van der Waals surface area contributed by atoms with Crippen LogP contribution >= 0.6 is 23.2 Å². The molecule has 1 aliphatic carbocycles. The van der Waals surface area contributed by atoms with Gasteiger partial charge in [-0.2, -0.15) is 0 Å². The predicted molar refractivity (Wildman–Crippen MR) is 87.4 cm³/mol. The first-order chi connectivity index (χ1) is 10.2. The monoisotopic (exact) mass is 316 g/mol. The summed E-state index contributed by atoms with van der Waals surface area (Å²) >= 11 is 12.3. The van der Waals surface area contributed by atoms with Gasteiger partial charge < -0.3 is 0 Å². The fourth-order valence-corrected chi connectivity index (χ4v) is 3.57. The Balaban J connectivity index is 1.90. The maximum absolute atomic E-state index is 6.21. The standard InChI is InChI=1S/C17H14Cl2N2/c18-14-7-6-13(10-15(14)19)21-16-5-1-3-11(16)9-12-4-2-8-20-17(12)21/h2,4,6-8,10H,1,3,5,9H2. The predicted octanol–water partition coefficient (Wildman–Crippen LogP) is 5.52. The summed E-state index contributed by atoms with van der Waals surface area (Å²) in [5, 5.41) is 1.16. The molecule has 4 rings (SSSR count). The molecule has 0 bridgehead atoms. The number of benzene rings is 1. The number of fused-ring (bicyclic) bond motifs is 1.